The van der Waals surface area contributed by atoms with Crippen LogP contribution < -0.4 is 10.6 Å². The van der Waals surface area contributed by atoms with E-state index in [0.29, 0.717) is 36.9 Å². The van der Waals surface area contributed by atoms with E-state index in [1.54, 1.807) is 40.0 Å². The first-order chi connectivity index (χ1) is 19.7. The lowest BCUT2D eigenvalue weighted by Gasteiger charge is -2.35. The van der Waals surface area contributed by atoms with Crippen LogP contribution in [0.2, 0.25) is 0 Å². The number of piperazine rings is 1. The van der Waals surface area contributed by atoms with E-state index in [0.717, 1.165) is 17.7 Å². The third-order valence-corrected chi connectivity index (χ3v) is 8.99. The molecule has 1 saturated carbocycles. The zero-order valence-electron chi connectivity index (χ0n) is 22.9. The molecule has 218 valence electrons. The lowest BCUT2D eigenvalue weighted by molar-refractivity contribution is -0.134. The van der Waals surface area contributed by atoms with Gasteiger partial charge >= 0.3 is 0 Å². The number of sulfonamides is 1. The molecule has 2 fully saturated rings. The van der Waals surface area contributed by atoms with E-state index in [-0.39, 0.29) is 43.8 Å². The highest BCUT2D eigenvalue weighted by atomic mass is 32.2. The quantitative estimate of drug-likeness (QED) is 0.335. The lowest BCUT2D eigenvalue weighted by Crippen LogP contribution is -2.55. The number of rotatable bonds is 11. The van der Waals surface area contributed by atoms with Gasteiger partial charge in [0.05, 0.1) is 11.9 Å². The van der Waals surface area contributed by atoms with Gasteiger partial charge in [0.2, 0.25) is 15.9 Å². The van der Waals surface area contributed by atoms with Crippen molar-refractivity contribution in [2.24, 2.45) is 0 Å². The first-order valence-electron chi connectivity index (χ1n) is 13.8. The van der Waals surface area contributed by atoms with E-state index >= 15 is 0 Å². The number of hydrogen-bond acceptors (Lipinski definition) is 6. The number of nitrogens with one attached hydrogen (secondary N) is 2. The number of carbonyl (C=O) groups is 2. The summed E-state index contributed by atoms with van der Waals surface area (Å²) in [5.74, 6) is -0.459. The molecule has 1 saturated heterocycles. The van der Waals surface area contributed by atoms with Crippen LogP contribution in [0.1, 0.15) is 41.1 Å². The number of hydrogen-bond donors (Lipinski definition) is 2. The van der Waals surface area contributed by atoms with E-state index in [2.05, 4.69) is 15.7 Å². The van der Waals surface area contributed by atoms with Crippen LogP contribution in [-0.4, -0.2) is 90.3 Å². The van der Waals surface area contributed by atoms with Crippen molar-refractivity contribution in [3.8, 4) is 5.69 Å². The molecule has 1 aromatic heterocycles. The molecule has 0 bridgehead atoms. The molecule has 1 aliphatic heterocycles. The molecule has 0 unspecified atom stereocenters. The van der Waals surface area contributed by atoms with Crippen LogP contribution in [0, 0.1) is 5.82 Å². The first-order valence-corrected chi connectivity index (χ1v) is 15.7. The summed E-state index contributed by atoms with van der Waals surface area (Å²) in [6, 6.07) is 14.9. The highest BCUT2D eigenvalue weighted by Gasteiger charge is 2.38. The Morgan fingerprint density at radius 1 is 1.05 bits per heavy atom. The summed E-state index contributed by atoms with van der Waals surface area (Å²) in [4.78, 5) is 28.3. The average Bonchev–Trinajstić information content (AvgIpc) is 3.52. The molecule has 12 heteroatoms. The van der Waals surface area contributed by atoms with Gasteiger partial charge in [-0.1, -0.05) is 12.1 Å². The zero-order valence-corrected chi connectivity index (χ0v) is 23.8. The molecule has 41 heavy (non-hydrogen) atoms. The molecular weight excluding hydrogens is 547 g/mol. The maximum absolute atomic E-state index is 13.5. The second-order valence-corrected chi connectivity index (χ2v) is 12.6. The molecule has 0 spiro atoms. The molecule has 3 atom stereocenters. The topological polar surface area (TPSA) is 117 Å². The third-order valence-electron chi connectivity index (χ3n) is 7.69. The lowest BCUT2D eigenvalue weighted by atomic mass is 10.1. The maximum Gasteiger partial charge on any atom is 0.251 e. The Morgan fingerprint density at radius 2 is 1.76 bits per heavy atom. The number of halogens is 1. The zero-order chi connectivity index (χ0) is 29.0. The smallest absolute Gasteiger partial charge is 0.251 e. The highest BCUT2D eigenvalue weighted by molar-refractivity contribution is 7.88. The van der Waals surface area contributed by atoms with Crippen LogP contribution in [0.25, 0.3) is 5.69 Å². The van der Waals surface area contributed by atoms with E-state index < -0.39 is 16.1 Å². The van der Waals surface area contributed by atoms with Crippen molar-refractivity contribution < 1.29 is 22.4 Å². The van der Waals surface area contributed by atoms with Gasteiger partial charge < -0.3 is 15.5 Å². The van der Waals surface area contributed by atoms with Gasteiger partial charge in [-0.05, 0) is 73.8 Å². The predicted octanol–water partition coefficient (Wildman–Crippen LogP) is 2.14. The van der Waals surface area contributed by atoms with E-state index in [1.165, 1.54) is 22.7 Å². The van der Waals surface area contributed by atoms with Crippen LogP contribution >= 0.6 is 0 Å². The minimum Gasteiger partial charge on any atom is -0.340 e. The van der Waals surface area contributed by atoms with Gasteiger partial charge in [0.15, 0.2) is 0 Å². The largest absolute Gasteiger partial charge is 0.340 e. The molecule has 2 aliphatic rings. The average molecular weight is 583 g/mol. The minimum absolute atomic E-state index is 0.213. The Morgan fingerprint density at radius 3 is 2.39 bits per heavy atom. The minimum atomic E-state index is -3.32. The van der Waals surface area contributed by atoms with Crippen LogP contribution in [-0.2, 0) is 14.8 Å². The summed E-state index contributed by atoms with van der Waals surface area (Å²) in [6.07, 6.45) is 6.72. The number of amides is 2. The SMILES string of the molecule is CS(=O)(=O)N1CCN(C(=O)[C@H](CCCN[C@@H]2C[C@H]2c2ccc(F)cc2)NC(=O)c2ccc(-n3cccn3)cc2)CC1. The van der Waals surface area contributed by atoms with Crippen LogP contribution in [0.15, 0.2) is 67.0 Å². The van der Waals surface area contributed by atoms with Crippen molar-refractivity contribution in [1.82, 2.24) is 29.6 Å². The summed E-state index contributed by atoms with van der Waals surface area (Å²) in [5.41, 5.74) is 2.35. The van der Waals surface area contributed by atoms with Gasteiger partial charge in [0.1, 0.15) is 11.9 Å². The summed E-state index contributed by atoms with van der Waals surface area (Å²) in [7, 11) is -3.32. The molecule has 3 aromatic rings. The summed E-state index contributed by atoms with van der Waals surface area (Å²) < 4.78 is 40.1. The van der Waals surface area contributed by atoms with E-state index in [4.69, 9.17) is 0 Å². The summed E-state index contributed by atoms with van der Waals surface area (Å²) >= 11 is 0. The standard InChI is InChI=1S/C29H35FN6O4S/c1-41(39,40)35-18-16-34(17-19-35)29(38)26(4-2-13-31-27-20-25(27)21-5-9-23(30)10-6-21)33-28(37)22-7-11-24(12-8-22)36-15-3-14-32-36/h3,5-12,14-15,25-27,31H,2,4,13,16-20H2,1H3,(H,33,37)/t25-,26-,27+/m0/s1. The molecule has 2 N–H and O–H groups in total. The molecule has 2 aromatic carbocycles. The molecule has 2 heterocycles. The van der Waals surface area contributed by atoms with Crippen LogP contribution in [0.3, 0.4) is 0 Å². The number of carbonyl (C=O) groups excluding carboxylic acids is 2. The fourth-order valence-corrected chi connectivity index (χ4v) is 6.07. The molecule has 5 rings (SSSR count). The van der Waals surface area contributed by atoms with Gasteiger partial charge in [-0.3, -0.25) is 9.59 Å². The second kappa shape index (κ2) is 12.5. The fourth-order valence-electron chi connectivity index (χ4n) is 5.24. The van der Waals surface area contributed by atoms with Crippen molar-refractivity contribution >= 4 is 21.8 Å². The van der Waals surface area contributed by atoms with Gasteiger partial charge in [-0.25, -0.2) is 17.5 Å². The highest BCUT2D eigenvalue weighted by Crippen LogP contribution is 2.40. The van der Waals surface area contributed by atoms with E-state index in [9.17, 15) is 22.4 Å². The van der Waals surface area contributed by atoms with Crippen molar-refractivity contribution in [2.75, 3.05) is 39.0 Å². The third kappa shape index (κ3) is 7.38. The monoisotopic (exact) mass is 582 g/mol. The Balaban J connectivity index is 1.18. The second-order valence-electron chi connectivity index (χ2n) is 10.6. The Hall–Kier alpha value is -3.61. The summed E-state index contributed by atoms with van der Waals surface area (Å²) in [5, 5.41) is 10.6. The van der Waals surface area contributed by atoms with Gasteiger partial charge in [0.25, 0.3) is 5.91 Å². The van der Waals surface area contributed by atoms with Crippen LogP contribution in [0.5, 0.6) is 0 Å². The van der Waals surface area contributed by atoms with E-state index in [1.807, 2.05) is 24.4 Å². The van der Waals surface area contributed by atoms with Crippen molar-refractivity contribution in [3.05, 3.63) is 83.9 Å². The van der Waals surface area contributed by atoms with Crippen LogP contribution in [0.4, 0.5) is 4.39 Å². The summed E-state index contributed by atoms with van der Waals surface area (Å²) in [6.45, 7) is 1.68. The molecule has 2 amide bonds. The van der Waals surface area contributed by atoms with Gasteiger partial charge in [0, 0.05) is 56.1 Å². The number of benzene rings is 2. The predicted molar refractivity (Wildman–Crippen MR) is 153 cm³/mol. The number of aromatic nitrogens is 2. The van der Waals surface area contributed by atoms with Crippen molar-refractivity contribution in [3.63, 3.8) is 0 Å². The fraction of sp³-hybridized carbons (Fsp3) is 0.414. The van der Waals surface area contributed by atoms with Gasteiger partial charge in [-0.2, -0.15) is 9.40 Å². The van der Waals surface area contributed by atoms with Gasteiger partial charge in [-0.15, -0.1) is 0 Å². The van der Waals surface area contributed by atoms with Crippen molar-refractivity contribution in [1.29, 1.82) is 0 Å². The normalized spacial score (nSPS) is 20.0. The molecule has 0 radical (unpaired) electrons. The Bertz CT molecular complexity index is 1440. The molecule has 1 aliphatic carbocycles. The molecule has 10 nitrogen and oxygen atoms in total. The maximum atomic E-state index is 13.5. The molecular formula is C29H35FN6O4S. The van der Waals surface area contributed by atoms with Crippen molar-refractivity contribution in [2.45, 2.75) is 37.3 Å². The Labute approximate surface area is 239 Å². The number of nitrogens with zero attached hydrogens (tertiary/aromatic N) is 4. The Kier molecular flexibility index (Phi) is 8.81. The first kappa shape index (κ1) is 28.9.